The second-order valence-corrected chi connectivity index (χ2v) is 4.42. The van der Waals surface area contributed by atoms with Crippen LogP contribution in [-0.4, -0.2) is 19.6 Å². The summed E-state index contributed by atoms with van der Waals surface area (Å²) in [5, 5.41) is 9.09. The minimum Gasteiger partial charge on any atom is -0.319 e. The van der Waals surface area contributed by atoms with Crippen LogP contribution in [0.5, 0.6) is 0 Å². The molecule has 0 amide bonds. The van der Waals surface area contributed by atoms with Gasteiger partial charge >= 0.3 is 0 Å². The van der Waals surface area contributed by atoms with Gasteiger partial charge < -0.3 is 5.73 Å². The Bertz CT molecular complexity index is 528. The Balaban J connectivity index is 2.46. The molecule has 0 fully saturated rings. The van der Waals surface area contributed by atoms with Gasteiger partial charge in [-0.15, -0.1) is 0 Å². The van der Waals surface area contributed by atoms with E-state index in [1.165, 1.54) is 0 Å². The zero-order chi connectivity index (χ0) is 12.6. The van der Waals surface area contributed by atoms with Gasteiger partial charge in [0.05, 0.1) is 28.6 Å². The van der Waals surface area contributed by atoms with E-state index in [1.807, 2.05) is 31.8 Å². The minimum absolute atomic E-state index is 0.293. The number of aryl methyl sites for hydroxylation is 3. The van der Waals surface area contributed by atoms with E-state index in [4.69, 9.17) is 17.3 Å². The van der Waals surface area contributed by atoms with Gasteiger partial charge in [-0.1, -0.05) is 11.6 Å². The highest BCUT2D eigenvalue weighted by Crippen LogP contribution is 2.27. The predicted octanol–water partition coefficient (Wildman–Crippen LogP) is 1.65. The lowest BCUT2D eigenvalue weighted by Gasteiger charge is -2.13. The zero-order valence-electron chi connectivity index (χ0n) is 10.2. The molecule has 2 rings (SSSR count). The molecule has 1 unspecified atom stereocenters. The first kappa shape index (κ1) is 12.1. The Morgan fingerprint density at radius 3 is 2.76 bits per heavy atom. The van der Waals surface area contributed by atoms with E-state index in [0.717, 1.165) is 23.5 Å². The van der Waals surface area contributed by atoms with E-state index in [2.05, 4.69) is 10.2 Å². The lowest BCUT2D eigenvalue weighted by molar-refractivity contribution is 0.600. The monoisotopic (exact) mass is 253 g/mol. The van der Waals surface area contributed by atoms with Crippen molar-refractivity contribution in [2.45, 2.75) is 26.4 Å². The van der Waals surface area contributed by atoms with Crippen molar-refractivity contribution in [1.29, 1.82) is 0 Å². The van der Waals surface area contributed by atoms with Crippen molar-refractivity contribution in [3.05, 3.63) is 34.4 Å². The maximum absolute atomic E-state index is 6.25. The van der Waals surface area contributed by atoms with Crippen molar-refractivity contribution >= 4 is 11.6 Å². The first-order valence-electron chi connectivity index (χ1n) is 5.51. The van der Waals surface area contributed by atoms with Gasteiger partial charge in [0.2, 0.25) is 0 Å². The second kappa shape index (κ2) is 4.50. The van der Waals surface area contributed by atoms with Crippen molar-refractivity contribution < 1.29 is 0 Å². The van der Waals surface area contributed by atoms with E-state index in [9.17, 15) is 0 Å². The number of aromatic nitrogens is 4. The smallest absolute Gasteiger partial charge is 0.0837 e. The Morgan fingerprint density at radius 2 is 2.24 bits per heavy atom. The van der Waals surface area contributed by atoms with Crippen LogP contribution in [0.1, 0.15) is 29.9 Å². The molecule has 0 radical (unpaired) electrons. The molecule has 0 saturated heterocycles. The van der Waals surface area contributed by atoms with E-state index in [1.54, 1.807) is 10.9 Å². The Hall–Kier alpha value is -1.33. The molecule has 2 aromatic rings. The molecule has 92 valence electrons. The molecule has 0 aliphatic rings. The summed E-state index contributed by atoms with van der Waals surface area (Å²) in [4.78, 5) is 0. The molecule has 0 spiro atoms. The SMILES string of the molecule is CCn1ncc(Cl)c1C(N)c1cn(C)nc1C. The van der Waals surface area contributed by atoms with E-state index in [0.29, 0.717) is 5.02 Å². The fraction of sp³-hybridized carbons (Fsp3) is 0.455. The molecule has 5 nitrogen and oxygen atoms in total. The summed E-state index contributed by atoms with van der Waals surface area (Å²) in [7, 11) is 1.88. The van der Waals surface area contributed by atoms with Gasteiger partial charge in [0.1, 0.15) is 0 Å². The maximum Gasteiger partial charge on any atom is 0.0837 e. The molecule has 2 N–H and O–H groups in total. The highest BCUT2D eigenvalue weighted by Gasteiger charge is 2.21. The summed E-state index contributed by atoms with van der Waals surface area (Å²) in [5.41, 5.74) is 8.98. The van der Waals surface area contributed by atoms with Gasteiger partial charge in [-0.2, -0.15) is 10.2 Å². The summed E-state index contributed by atoms with van der Waals surface area (Å²) < 4.78 is 3.57. The van der Waals surface area contributed by atoms with Crippen LogP contribution < -0.4 is 5.73 Å². The van der Waals surface area contributed by atoms with Crippen LogP contribution in [0.2, 0.25) is 5.02 Å². The van der Waals surface area contributed by atoms with Gasteiger partial charge in [-0.3, -0.25) is 9.36 Å². The first-order valence-corrected chi connectivity index (χ1v) is 5.89. The lowest BCUT2D eigenvalue weighted by Crippen LogP contribution is -2.18. The molecule has 6 heteroatoms. The van der Waals surface area contributed by atoms with Crippen LogP contribution in [-0.2, 0) is 13.6 Å². The Kier molecular flexibility index (Phi) is 3.22. The lowest BCUT2D eigenvalue weighted by atomic mass is 10.1. The highest BCUT2D eigenvalue weighted by atomic mass is 35.5. The quantitative estimate of drug-likeness (QED) is 0.905. The summed E-state index contributed by atoms with van der Waals surface area (Å²) in [5.74, 6) is 0. The van der Waals surface area contributed by atoms with E-state index in [-0.39, 0.29) is 6.04 Å². The first-order chi connectivity index (χ1) is 8.04. The molecular formula is C11H16ClN5. The fourth-order valence-electron chi connectivity index (χ4n) is 2.00. The number of hydrogen-bond acceptors (Lipinski definition) is 3. The van der Waals surface area contributed by atoms with Crippen molar-refractivity contribution in [3.8, 4) is 0 Å². The average Bonchev–Trinajstić information content (AvgIpc) is 2.80. The van der Waals surface area contributed by atoms with Crippen LogP contribution in [0.3, 0.4) is 0 Å². The average molecular weight is 254 g/mol. The summed E-state index contributed by atoms with van der Waals surface area (Å²) in [6, 6.07) is -0.293. The molecule has 0 aliphatic carbocycles. The predicted molar refractivity (Wildman–Crippen MR) is 66.9 cm³/mol. The van der Waals surface area contributed by atoms with Gasteiger partial charge in [0.15, 0.2) is 0 Å². The molecule has 0 saturated carbocycles. The minimum atomic E-state index is -0.293. The van der Waals surface area contributed by atoms with Gasteiger partial charge in [0.25, 0.3) is 0 Å². The van der Waals surface area contributed by atoms with Gasteiger partial charge in [-0.05, 0) is 13.8 Å². The number of nitrogens with two attached hydrogens (primary N) is 1. The van der Waals surface area contributed by atoms with E-state index < -0.39 is 0 Å². The topological polar surface area (TPSA) is 61.7 Å². The number of rotatable bonds is 3. The number of hydrogen-bond donors (Lipinski definition) is 1. The highest BCUT2D eigenvalue weighted by molar-refractivity contribution is 6.31. The Labute approximate surface area is 105 Å². The Morgan fingerprint density at radius 1 is 1.53 bits per heavy atom. The van der Waals surface area contributed by atoms with Crippen LogP contribution in [0, 0.1) is 6.92 Å². The molecule has 17 heavy (non-hydrogen) atoms. The molecule has 2 aromatic heterocycles. The standard InChI is InChI=1S/C11H16ClN5/c1-4-17-11(9(12)5-14-17)10(13)8-6-16(3)15-7(8)2/h5-6,10H,4,13H2,1-3H3. The van der Waals surface area contributed by atoms with Crippen LogP contribution in [0.25, 0.3) is 0 Å². The summed E-state index contributed by atoms with van der Waals surface area (Å²) >= 11 is 6.14. The largest absolute Gasteiger partial charge is 0.319 e. The van der Waals surface area contributed by atoms with Crippen molar-refractivity contribution in [1.82, 2.24) is 19.6 Å². The second-order valence-electron chi connectivity index (χ2n) is 4.01. The van der Waals surface area contributed by atoms with Crippen LogP contribution in [0.4, 0.5) is 0 Å². The molecule has 2 heterocycles. The molecule has 0 bridgehead atoms. The molecule has 1 atom stereocenters. The van der Waals surface area contributed by atoms with E-state index >= 15 is 0 Å². The zero-order valence-corrected chi connectivity index (χ0v) is 10.9. The molecular weight excluding hydrogens is 238 g/mol. The fourth-order valence-corrected chi connectivity index (χ4v) is 2.26. The summed E-state index contributed by atoms with van der Waals surface area (Å²) in [6.45, 7) is 4.69. The normalized spacial score (nSPS) is 13.0. The van der Waals surface area contributed by atoms with Crippen molar-refractivity contribution in [2.24, 2.45) is 12.8 Å². The van der Waals surface area contributed by atoms with Crippen LogP contribution >= 0.6 is 11.6 Å². The molecule has 0 aliphatic heterocycles. The summed E-state index contributed by atoms with van der Waals surface area (Å²) in [6.07, 6.45) is 3.55. The number of nitrogens with zero attached hydrogens (tertiary/aromatic N) is 4. The third-order valence-electron chi connectivity index (χ3n) is 2.81. The van der Waals surface area contributed by atoms with Gasteiger partial charge in [-0.25, -0.2) is 0 Å². The maximum atomic E-state index is 6.25. The van der Waals surface area contributed by atoms with Crippen LogP contribution in [0.15, 0.2) is 12.4 Å². The third kappa shape index (κ3) is 2.08. The van der Waals surface area contributed by atoms with Crippen molar-refractivity contribution in [3.63, 3.8) is 0 Å². The third-order valence-corrected chi connectivity index (χ3v) is 3.11. The number of halogens is 1. The van der Waals surface area contributed by atoms with Crippen molar-refractivity contribution in [2.75, 3.05) is 0 Å². The van der Waals surface area contributed by atoms with Gasteiger partial charge in [0, 0.05) is 25.4 Å². The molecule has 0 aromatic carbocycles.